The van der Waals surface area contributed by atoms with E-state index >= 15 is 0 Å². The molecule has 104 valence electrons. The third-order valence-electron chi connectivity index (χ3n) is 4.13. The number of hydrogen-bond acceptors (Lipinski definition) is 3. The van der Waals surface area contributed by atoms with Crippen LogP contribution in [-0.4, -0.2) is 23.1 Å². The van der Waals surface area contributed by atoms with Crippen LogP contribution in [0.4, 0.5) is 0 Å². The number of carbonyl (C=O) groups is 1. The van der Waals surface area contributed by atoms with E-state index in [2.05, 4.69) is 5.32 Å². The maximum Gasteiger partial charge on any atom is 0.252 e. The molecular formula is C15H22N2O2. The lowest BCUT2D eigenvalue weighted by atomic mass is 9.81. The third kappa shape index (κ3) is 2.89. The number of nitrogens with one attached hydrogen (secondary N) is 1. The predicted octanol–water partition coefficient (Wildman–Crippen LogP) is 2.09. The number of rotatable bonds is 3. The van der Waals surface area contributed by atoms with Crippen LogP contribution in [0, 0.1) is 6.92 Å². The lowest BCUT2D eigenvalue weighted by Crippen LogP contribution is -2.54. The average Bonchev–Trinajstić information content (AvgIpc) is 2.42. The Hall–Kier alpha value is -1.55. The summed E-state index contributed by atoms with van der Waals surface area (Å²) in [5, 5.41) is 12.8. The van der Waals surface area contributed by atoms with Gasteiger partial charge in [0.25, 0.3) is 5.91 Å². The van der Waals surface area contributed by atoms with Gasteiger partial charge in [0.1, 0.15) is 5.75 Å². The average molecular weight is 262 g/mol. The van der Waals surface area contributed by atoms with Crippen LogP contribution < -0.4 is 11.1 Å². The fourth-order valence-electron chi connectivity index (χ4n) is 2.79. The molecule has 1 fully saturated rings. The summed E-state index contributed by atoms with van der Waals surface area (Å²) < 4.78 is 0. The van der Waals surface area contributed by atoms with E-state index in [4.69, 9.17) is 5.73 Å². The Morgan fingerprint density at radius 3 is 2.68 bits per heavy atom. The van der Waals surface area contributed by atoms with Crippen LogP contribution in [0.3, 0.4) is 0 Å². The largest absolute Gasteiger partial charge is 0.508 e. The van der Waals surface area contributed by atoms with Crippen molar-refractivity contribution in [3.05, 3.63) is 29.3 Å². The molecule has 1 aliphatic carbocycles. The van der Waals surface area contributed by atoms with Gasteiger partial charge in [0.2, 0.25) is 0 Å². The highest BCUT2D eigenvalue weighted by molar-refractivity contribution is 5.96. The molecule has 2 rings (SSSR count). The lowest BCUT2D eigenvalue weighted by Gasteiger charge is -2.37. The summed E-state index contributed by atoms with van der Waals surface area (Å²) in [5.74, 6) is 0.0128. The number of phenolic OH excluding ortho intramolecular Hbond substituents is 1. The van der Waals surface area contributed by atoms with Crippen LogP contribution in [0.5, 0.6) is 5.75 Å². The molecule has 1 amide bonds. The molecule has 0 unspecified atom stereocenters. The zero-order chi connectivity index (χ0) is 13.9. The highest BCUT2D eigenvalue weighted by Crippen LogP contribution is 2.28. The van der Waals surface area contributed by atoms with Crippen molar-refractivity contribution in [3.63, 3.8) is 0 Å². The zero-order valence-electron chi connectivity index (χ0n) is 11.4. The molecule has 1 aromatic rings. The number of benzene rings is 1. The van der Waals surface area contributed by atoms with Gasteiger partial charge in [-0.1, -0.05) is 25.3 Å². The van der Waals surface area contributed by atoms with Gasteiger partial charge in [-0.15, -0.1) is 0 Å². The first-order valence-corrected chi connectivity index (χ1v) is 6.89. The molecule has 1 saturated carbocycles. The summed E-state index contributed by atoms with van der Waals surface area (Å²) in [6, 6.07) is 5.01. The van der Waals surface area contributed by atoms with Crippen LogP contribution in [-0.2, 0) is 0 Å². The van der Waals surface area contributed by atoms with Crippen LogP contribution in [0.15, 0.2) is 18.2 Å². The number of carbonyl (C=O) groups excluding carboxylic acids is 1. The molecular weight excluding hydrogens is 240 g/mol. The first-order chi connectivity index (χ1) is 9.08. The summed E-state index contributed by atoms with van der Waals surface area (Å²) in [5.41, 5.74) is 6.74. The van der Waals surface area contributed by atoms with Gasteiger partial charge < -0.3 is 16.2 Å². The van der Waals surface area contributed by atoms with Crippen molar-refractivity contribution in [2.45, 2.75) is 44.6 Å². The highest BCUT2D eigenvalue weighted by atomic mass is 16.3. The molecule has 1 aromatic carbocycles. The summed E-state index contributed by atoms with van der Waals surface area (Å²) in [6.07, 6.45) is 5.30. The quantitative estimate of drug-likeness (QED) is 0.780. The second kappa shape index (κ2) is 5.61. The van der Waals surface area contributed by atoms with Gasteiger partial charge in [0, 0.05) is 17.7 Å². The summed E-state index contributed by atoms with van der Waals surface area (Å²) in [4.78, 5) is 12.4. The Morgan fingerprint density at radius 1 is 1.37 bits per heavy atom. The molecule has 0 spiro atoms. The van der Waals surface area contributed by atoms with Crippen LogP contribution in [0.1, 0.15) is 48.0 Å². The van der Waals surface area contributed by atoms with E-state index in [1.165, 1.54) is 6.42 Å². The van der Waals surface area contributed by atoms with E-state index in [0.717, 1.165) is 25.7 Å². The normalized spacial score (nSPS) is 18.0. The van der Waals surface area contributed by atoms with Gasteiger partial charge in [-0.2, -0.15) is 0 Å². The summed E-state index contributed by atoms with van der Waals surface area (Å²) in [7, 11) is 0. The minimum atomic E-state index is -0.271. The van der Waals surface area contributed by atoms with Crippen molar-refractivity contribution in [1.82, 2.24) is 5.32 Å². The number of phenols is 1. The Bertz CT molecular complexity index is 465. The molecule has 0 saturated heterocycles. The van der Waals surface area contributed by atoms with Crippen molar-refractivity contribution in [1.29, 1.82) is 0 Å². The molecule has 0 radical (unpaired) electrons. The molecule has 0 bridgehead atoms. The molecule has 0 aliphatic heterocycles. The molecule has 4 N–H and O–H groups in total. The fraction of sp³-hybridized carbons (Fsp3) is 0.533. The van der Waals surface area contributed by atoms with Gasteiger partial charge >= 0.3 is 0 Å². The second-order valence-corrected chi connectivity index (χ2v) is 5.45. The Balaban J connectivity index is 2.17. The molecule has 4 nitrogen and oxygen atoms in total. The standard InChI is InChI=1S/C15H22N2O2/c1-11-12(6-5-7-13(11)18)14(19)17-15(10-16)8-3-2-4-9-15/h5-7,18H,2-4,8-10,16H2,1H3,(H,17,19). The van der Waals surface area contributed by atoms with Crippen LogP contribution in [0.2, 0.25) is 0 Å². The topological polar surface area (TPSA) is 75.3 Å². The Kier molecular flexibility index (Phi) is 4.10. The van der Waals surface area contributed by atoms with E-state index < -0.39 is 0 Å². The van der Waals surface area contributed by atoms with Crippen molar-refractivity contribution in [2.24, 2.45) is 5.73 Å². The van der Waals surface area contributed by atoms with E-state index in [0.29, 0.717) is 17.7 Å². The third-order valence-corrected chi connectivity index (χ3v) is 4.13. The minimum absolute atomic E-state index is 0.138. The van der Waals surface area contributed by atoms with Crippen LogP contribution in [0.25, 0.3) is 0 Å². The highest BCUT2D eigenvalue weighted by Gasteiger charge is 2.32. The first kappa shape index (κ1) is 13.9. The number of aromatic hydroxyl groups is 1. The monoisotopic (exact) mass is 262 g/mol. The van der Waals surface area contributed by atoms with Gasteiger partial charge in [0.15, 0.2) is 0 Å². The fourth-order valence-corrected chi connectivity index (χ4v) is 2.79. The van der Waals surface area contributed by atoms with Gasteiger partial charge in [-0.05, 0) is 31.9 Å². The summed E-state index contributed by atoms with van der Waals surface area (Å²) >= 11 is 0. The maximum atomic E-state index is 12.4. The minimum Gasteiger partial charge on any atom is -0.508 e. The lowest BCUT2D eigenvalue weighted by molar-refractivity contribution is 0.0873. The van der Waals surface area contributed by atoms with E-state index in [9.17, 15) is 9.90 Å². The molecule has 0 aromatic heterocycles. The Labute approximate surface area is 114 Å². The van der Waals surface area contributed by atoms with E-state index in [1.807, 2.05) is 0 Å². The SMILES string of the molecule is Cc1c(O)cccc1C(=O)NC1(CN)CCCCC1. The number of nitrogens with two attached hydrogens (primary N) is 1. The van der Waals surface area contributed by atoms with Crippen LogP contribution >= 0.6 is 0 Å². The molecule has 0 atom stereocenters. The molecule has 1 aliphatic rings. The number of amides is 1. The van der Waals surface area contributed by atoms with Gasteiger partial charge in [-0.25, -0.2) is 0 Å². The van der Waals surface area contributed by atoms with Gasteiger partial charge in [0.05, 0.1) is 5.54 Å². The van der Waals surface area contributed by atoms with Crippen molar-refractivity contribution in [2.75, 3.05) is 6.54 Å². The Morgan fingerprint density at radius 2 is 2.05 bits per heavy atom. The maximum absolute atomic E-state index is 12.4. The van der Waals surface area contributed by atoms with Gasteiger partial charge in [-0.3, -0.25) is 4.79 Å². The smallest absolute Gasteiger partial charge is 0.252 e. The zero-order valence-corrected chi connectivity index (χ0v) is 11.4. The second-order valence-electron chi connectivity index (χ2n) is 5.45. The van der Waals surface area contributed by atoms with Crippen molar-refractivity contribution < 1.29 is 9.90 Å². The predicted molar refractivity (Wildman–Crippen MR) is 75.2 cm³/mol. The molecule has 0 heterocycles. The van der Waals surface area contributed by atoms with E-state index in [1.54, 1.807) is 25.1 Å². The summed E-state index contributed by atoms with van der Waals surface area (Å²) in [6.45, 7) is 2.22. The van der Waals surface area contributed by atoms with Crippen molar-refractivity contribution in [3.8, 4) is 5.75 Å². The molecule has 4 heteroatoms. The number of hydrogen-bond donors (Lipinski definition) is 3. The van der Waals surface area contributed by atoms with E-state index in [-0.39, 0.29) is 17.2 Å². The first-order valence-electron chi connectivity index (χ1n) is 6.89. The molecule has 19 heavy (non-hydrogen) atoms. The van der Waals surface area contributed by atoms with Crippen molar-refractivity contribution >= 4 is 5.91 Å².